The zero-order valence-corrected chi connectivity index (χ0v) is 28.4. The molecule has 0 aromatic heterocycles. The molecule has 2 aliphatic heterocycles. The number of hydrogen-bond donors (Lipinski definition) is 2. The van der Waals surface area contributed by atoms with Crippen LogP contribution >= 0.6 is 0 Å². The highest BCUT2D eigenvalue weighted by molar-refractivity contribution is 7.93. The standard InChI is InChI=1S/C36H54O4S/c1-33(2,3)25-17-21(18-26(31(25)37)34(4,5)6)23-13-14-24(30-16-15-29(23)41(30,39)40)22-19-27(35(7,8)9)32(38)28(20-22)36(10,11)12/h17-20,23-24,29-30,37-38H,13-16H2,1-12H3. The number of phenolic OH excluding ortho intramolecular Hbond substituents is 2. The fourth-order valence-electron chi connectivity index (χ4n) is 7.26. The highest BCUT2D eigenvalue weighted by Crippen LogP contribution is 2.53. The molecule has 2 fully saturated rings. The van der Waals surface area contributed by atoms with Gasteiger partial charge in [-0.2, -0.15) is 0 Å². The molecule has 0 aliphatic carbocycles. The van der Waals surface area contributed by atoms with Crippen molar-refractivity contribution in [2.45, 2.75) is 153 Å². The maximum Gasteiger partial charge on any atom is 0.157 e. The van der Waals surface area contributed by atoms with Gasteiger partial charge in [0.15, 0.2) is 9.84 Å². The van der Waals surface area contributed by atoms with E-state index in [9.17, 15) is 18.6 Å². The normalized spacial score (nSPS) is 25.3. The van der Waals surface area contributed by atoms with E-state index >= 15 is 0 Å². The summed E-state index contributed by atoms with van der Waals surface area (Å²) in [5.41, 5.74) is 4.53. The van der Waals surface area contributed by atoms with Crippen LogP contribution in [0.4, 0.5) is 0 Å². The quantitative estimate of drug-likeness (QED) is 0.371. The molecule has 4 nitrogen and oxygen atoms in total. The molecule has 0 radical (unpaired) electrons. The summed E-state index contributed by atoms with van der Waals surface area (Å²) >= 11 is 0. The van der Waals surface area contributed by atoms with Crippen molar-refractivity contribution < 1.29 is 18.6 Å². The first-order valence-corrected chi connectivity index (χ1v) is 17.0. The highest BCUT2D eigenvalue weighted by Gasteiger charge is 2.51. The lowest BCUT2D eigenvalue weighted by molar-refractivity contribution is 0.416. The topological polar surface area (TPSA) is 74.6 Å². The van der Waals surface area contributed by atoms with Crippen LogP contribution in [0.3, 0.4) is 0 Å². The predicted octanol–water partition coefficient (Wildman–Crippen LogP) is 8.89. The zero-order chi connectivity index (χ0) is 31.1. The van der Waals surface area contributed by atoms with Crippen LogP contribution in [0.2, 0.25) is 0 Å². The first-order valence-electron chi connectivity index (χ1n) is 15.4. The van der Waals surface area contributed by atoms with Gasteiger partial charge in [0.2, 0.25) is 0 Å². The summed E-state index contributed by atoms with van der Waals surface area (Å²) in [6.45, 7) is 25.3. The Kier molecular flexibility index (Phi) is 7.81. The second kappa shape index (κ2) is 10.0. The minimum Gasteiger partial charge on any atom is -0.507 e. The van der Waals surface area contributed by atoms with Crippen LogP contribution in [0.15, 0.2) is 24.3 Å². The Morgan fingerprint density at radius 1 is 0.512 bits per heavy atom. The Hall–Kier alpha value is -2.01. The molecule has 2 heterocycles. The lowest BCUT2D eigenvalue weighted by Crippen LogP contribution is -2.29. The molecule has 5 heteroatoms. The fraction of sp³-hybridized carbons (Fsp3) is 0.667. The molecular weight excluding hydrogens is 528 g/mol. The maximum absolute atomic E-state index is 14.3. The first-order chi connectivity index (χ1) is 18.5. The largest absolute Gasteiger partial charge is 0.507 e. The van der Waals surface area contributed by atoms with Crippen LogP contribution < -0.4 is 0 Å². The smallest absolute Gasteiger partial charge is 0.157 e. The Morgan fingerprint density at radius 3 is 0.976 bits per heavy atom. The minimum absolute atomic E-state index is 0.112. The van der Waals surface area contributed by atoms with E-state index in [1.54, 1.807) is 0 Å². The molecule has 41 heavy (non-hydrogen) atoms. The Balaban J connectivity index is 1.89. The lowest BCUT2D eigenvalue weighted by atomic mass is 9.73. The number of phenols is 2. The molecule has 2 N–H and O–H groups in total. The summed E-state index contributed by atoms with van der Waals surface area (Å²) < 4.78 is 28.6. The zero-order valence-electron chi connectivity index (χ0n) is 27.6. The van der Waals surface area contributed by atoms with Gasteiger partial charge in [0.05, 0.1) is 10.5 Å². The average molecular weight is 583 g/mol. The van der Waals surface area contributed by atoms with Crippen molar-refractivity contribution in [2.75, 3.05) is 0 Å². The Morgan fingerprint density at radius 2 is 0.756 bits per heavy atom. The van der Waals surface area contributed by atoms with Crippen molar-refractivity contribution in [2.24, 2.45) is 0 Å². The average Bonchev–Trinajstić information content (AvgIpc) is 3.01. The third kappa shape index (κ3) is 5.82. The SMILES string of the molecule is CC(C)(C)c1cc(C2CCC(c3cc(C(C)(C)C)c(O)c(C(C)(C)C)c3)C3CCC2S3(=O)=O)cc(C(C)(C)C)c1O. The molecule has 2 saturated heterocycles. The summed E-state index contributed by atoms with van der Waals surface area (Å²) in [4.78, 5) is 0. The van der Waals surface area contributed by atoms with Gasteiger partial charge in [-0.05, 0) is 80.7 Å². The number of aromatic hydroxyl groups is 2. The lowest BCUT2D eigenvalue weighted by Gasteiger charge is -2.32. The van der Waals surface area contributed by atoms with Crippen LogP contribution in [0.5, 0.6) is 11.5 Å². The van der Waals surface area contributed by atoms with Gasteiger partial charge in [-0.1, -0.05) is 107 Å². The molecule has 2 aliphatic rings. The van der Waals surface area contributed by atoms with Gasteiger partial charge >= 0.3 is 0 Å². The van der Waals surface area contributed by atoms with Crippen molar-refractivity contribution in [3.8, 4) is 11.5 Å². The van der Waals surface area contributed by atoms with Crippen molar-refractivity contribution in [1.29, 1.82) is 0 Å². The monoisotopic (exact) mass is 582 g/mol. The van der Waals surface area contributed by atoms with E-state index in [0.29, 0.717) is 24.3 Å². The molecule has 2 aromatic carbocycles. The van der Waals surface area contributed by atoms with E-state index in [1.807, 2.05) is 0 Å². The molecule has 4 atom stereocenters. The first kappa shape index (κ1) is 31.9. The predicted molar refractivity (Wildman–Crippen MR) is 171 cm³/mol. The van der Waals surface area contributed by atoms with Gasteiger partial charge < -0.3 is 10.2 Å². The third-order valence-corrected chi connectivity index (χ3v) is 12.4. The van der Waals surface area contributed by atoms with Gasteiger partial charge in [0, 0.05) is 11.8 Å². The van der Waals surface area contributed by atoms with Gasteiger partial charge in [0.25, 0.3) is 0 Å². The van der Waals surface area contributed by atoms with E-state index in [4.69, 9.17) is 0 Å². The molecule has 2 aromatic rings. The van der Waals surface area contributed by atoms with Crippen molar-refractivity contribution in [3.63, 3.8) is 0 Å². The van der Waals surface area contributed by atoms with E-state index in [0.717, 1.165) is 46.2 Å². The maximum atomic E-state index is 14.3. The van der Waals surface area contributed by atoms with E-state index in [2.05, 4.69) is 107 Å². The van der Waals surface area contributed by atoms with Crippen LogP contribution in [-0.2, 0) is 31.5 Å². The minimum atomic E-state index is -3.40. The molecule has 0 amide bonds. The molecule has 0 spiro atoms. The van der Waals surface area contributed by atoms with E-state index in [-0.39, 0.29) is 33.5 Å². The van der Waals surface area contributed by atoms with Crippen molar-refractivity contribution in [3.05, 3.63) is 57.6 Å². The number of sulfone groups is 1. The fourth-order valence-corrected chi connectivity index (χ4v) is 10.1. The third-order valence-electron chi connectivity index (χ3n) is 9.62. The Bertz CT molecular complexity index is 1250. The van der Waals surface area contributed by atoms with E-state index in [1.165, 1.54) is 0 Å². The summed E-state index contributed by atoms with van der Waals surface area (Å²) in [5, 5.41) is 21.8. The van der Waals surface area contributed by atoms with Gasteiger partial charge in [-0.25, -0.2) is 8.42 Å². The van der Waals surface area contributed by atoms with Crippen LogP contribution in [0.25, 0.3) is 0 Å². The molecule has 4 rings (SSSR count). The summed E-state index contributed by atoms with van der Waals surface area (Å²) in [7, 11) is -3.40. The molecular formula is C36H54O4S. The highest BCUT2D eigenvalue weighted by atomic mass is 32.2. The summed E-state index contributed by atoms with van der Waals surface area (Å²) in [5.74, 6) is 0.444. The van der Waals surface area contributed by atoms with E-state index < -0.39 is 20.3 Å². The molecule has 228 valence electrons. The molecule has 4 unspecified atom stereocenters. The summed E-state index contributed by atoms with van der Waals surface area (Å²) in [6, 6.07) is 8.37. The number of rotatable bonds is 2. The summed E-state index contributed by atoms with van der Waals surface area (Å²) in [6.07, 6.45) is 2.89. The molecule has 0 saturated carbocycles. The molecule has 2 bridgehead atoms. The van der Waals surface area contributed by atoms with Gasteiger partial charge in [0.1, 0.15) is 11.5 Å². The van der Waals surface area contributed by atoms with Crippen molar-refractivity contribution >= 4 is 9.84 Å². The van der Waals surface area contributed by atoms with Crippen LogP contribution in [0, 0.1) is 0 Å². The number of hydrogen-bond acceptors (Lipinski definition) is 4. The second-order valence-corrected chi connectivity index (χ2v) is 19.4. The Labute approximate surface area is 249 Å². The van der Waals surface area contributed by atoms with Gasteiger partial charge in [-0.15, -0.1) is 0 Å². The van der Waals surface area contributed by atoms with Gasteiger partial charge in [-0.3, -0.25) is 0 Å². The second-order valence-electron chi connectivity index (χ2n) is 17.0. The van der Waals surface area contributed by atoms with Crippen LogP contribution in [-0.4, -0.2) is 29.1 Å². The van der Waals surface area contributed by atoms with Crippen LogP contribution in [0.1, 0.15) is 154 Å². The number of fused-ring (bicyclic) bond motifs is 2. The van der Waals surface area contributed by atoms with Crippen molar-refractivity contribution in [1.82, 2.24) is 0 Å². The number of benzene rings is 2.